The first kappa shape index (κ1) is 22.0. The zero-order chi connectivity index (χ0) is 22.5. The molecule has 0 saturated carbocycles. The summed E-state index contributed by atoms with van der Waals surface area (Å²) in [5.41, 5.74) is 0.866. The number of rotatable bonds is 8. The average molecular weight is 434 g/mol. The number of likely N-dealkylation sites (tertiary alicyclic amines) is 1. The Morgan fingerprint density at radius 2 is 2.00 bits per heavy atom. The fourth-order valence-corrected chi connectivity index (χ4v) is 4.74. The number of aryl methyl sites for hydroxylation is 1. The van der Waals surface area contributed by atoms with Crippen molar-refractivity contribution in [2.75, 3.05) is 17.2 Å². The molecular formula is C23H31N9. The zero-order valence-corrected chi connectivity index (χ0v) is 19.0. The Morgan fingerprint density at radius 3 is 2.66 bits per heavy atom. The minimum absolute atomic E-state index is 0.306. The molecule has 0 radical (unpaired) electrons. The molecule has 3 N–H and O–H groups in total. The van der Waals surface area contributed by atoms with Crippen LogP contribution in [0, 0.1) is 18.3 Å². The Hall–Kier alpha value is -3.25. The summed E-state index contributed by atoms with van der Waals surface area (Å²) in [6.07, 6.45) is 6.57. The molecule has 4 rings (SSSR count). The number of piperidine rings is 1. The van der Waals surface area contributed by atoms with Crippen molar-refractivity contribution in [2.24, 2.45) is 0 Å². The quantitative estimate of drug-likeness (QED) is 0.485. The van der Waals surface area contributed by atoms with Crippen LogP contribution in [0.1, 0.15) is 51.8 Å². The fourth-order valence-electron chi connectivity index (χ4n) is 4.74. The lowest BCUT2D eigenvalue weighted by Crippen LogP contribution is -2.52. The number of hydrogen-bond acceptors (Lipinski definition) is 8. The molecule has 4 heterocycles. The normalized spacial score (nSPS) is 21.4. The molecule has 1 aliphatic rings. The molecule has 2 atom stereocenters. The lowest BCUT2D eigenvalue weighted by atomic mass is 9.88. The molecule has 9 heteroatoms. The standard InChI is InChI=1S/C23H31N9/c1-4-17-12-16(13-18(5-2)32(17)11-7-9-24)27-22-19-8-6-10-25-20(19)14-21(28-22)29-23-26-15(3)30-31-23/h6,8,10,14,16-18H,4-5,7,11-13H2,1-3H3,(H3,26,27,28,29,30,31). The Labute approximate surface area is 188 Å². The molecule has 0 aromatic carbocycles. The summed E-state index contributed by atoms with van der Waals surface area (Å²) in [6.45, 7) is 7.18. The van der Waals surface area contributed by atoms with Crippen LogP contribution >= 0.6 is 0 Å². The van der Waals surface area contributed by atoms with Crippen LogP contribution in [-0.4, -0.2) is 54.7 Å². The molecule has 168 valence electrons. The number of aromatic nitrogens is 5. The van der Waals surface area contributed by atoms with Crippen molar-refractivity contribution < 1.29 is 0 Å². The largest absolute Gasteiger partial charge is 0.367 e. The van der Waals surface area contributed by atoms with E-state index in [1.165, 1.54) is 0 Å². The van der Waals surface area contributed by atoms with Crippen molar-refractivity contribution in [2.45, 2.75) is 71.0 Å². The topological polar surface area (TPSA) is 118 Å². The van der Waals surface area contributed by atoms with Gasteiger partial charge in [-0.05, 0) is 44.7 Å². The molecule has 0 spiro atoms. The Kier molecular flexibility index (Phi) is 6.81. The fraction of sp³-hybridized carbons (Fsp3) is 0.522. The van der Waals surface area contributed by atoms with Gasteiger partial charge in [0.1, 0.15) is 17.5 Å². The van der Waals surface area contributed by atoms with Gasteiger partial charge in [0, 0.05) is 48.7 Å². The summed E-state index contributed by atoms with van der Waals surface area (Å²) in [5.74, 6) is 2.71. The molecule has 3 aromatic heterocycles. The van der Waals surface area contributed by atoms with E-state index >= 15 is 0 Å². The van der Waals surface area contributed by atoms with Crippen LogP contribution in [0.4, 0.5) is 17.6 Å². The first-order valence-corrected chi connectivity index (χ1v) is 11.4. The summed E-state index contributed by atoms with van der Waals surface area (Å²) < 4.78 is 0. The number of nitriles is 1. The van der Waals surface area contributed by atoms with Gasteiger partial charge in [-0.2, -0.15) is 10.2 Å². The van der Waals surface area contributed by atoms with E-state index in [9.17, 15) is 0 Å². The lowest BCUT2D eigenvalue weighted by Gasteiger charge is -2.45. The summed E-state index contributed by atoms with van der Waals surface area (Å²) in [7, 11) is 0. The zero-order valence-electron chi connectivity index (χ0n) is 19.0. The number of anilines is 3. The third kappa shape index (κ3) is 4.81. The molecular weight excluding hydrogens is 402 g/mol. The van der Waals surface area contributed by atoms with E-state index in [1.807, 2.05) is 19.1 Å². The lowest BCUT2D eigenvalue weighted by molar-refractivity contribution is 0.0735. The SMILES string of the molecule is CCC1CC(Nc2nc(Nc3n[nH]c(C)n3)cc3ncccc23)CC(CC)N1CCC#N. The van der Waals surface area contributed by atoms with Crippen LogP contribution in [-0.2, 0) is 0 Å². The van der Waals surface area contributed by atoms with Crippen molar-refractivity contribution in [1.82, 2.24) is 30.0 Å². The minimum atomic E-state index is 0.306. The number of aromatic amines is 1. The van der Waals surface area contributed by atoms with Crippen LogP contribution in [0.5, 0.6) is 0 Å². The summed E-state index contributed by atoms with van der Waals surface area (Å²) in [5, 5.41) is 24.0. The number of fused-ring (bicyclic) bond motifs is 1. The molecule has 1 saturated heterocycles. The van der Waals surface area contributed by atoms with E-state index in [0.717, 1.165) is 54.8 Å². The van der Waals surface area contributed by atoms with Crippen molar-refractivity contribution >= 4 is 28.5 Å². The Balaban J connectivity index is 1.59. The number of nitrogens with one attached hydrogen (secondary N) is 3. The first-order chi connectivity index (χ1) is 15.6. The van der Waals surface area contributed by atoms with E-state index in [-0.39, 0.29) is 0 Å². The van der Waals surface area contributed by atoms with Crippen molar-refractivity contribution in [3.05, 3.63) is 30.2 Å². The van der Waals surface area contributed by atoms with E-state index in [4.69, 9.17) is 10.2 Å². The van der Waals surface area contributed by atoms with Gasteiger partial charge in [-0.25, -0.2) is 4.98 Å². The minimum Gasteiger partial charge on any atom is -0.367 e. The van der Waals surface area contributed by atoms with E-state index in [0.29, 0.717) is 36.3 Å². The van der Waals surface area contributed by atoms with Gasteiger partial charge in [-0.15, -0.1) is 5.10 Å². The molecule has 0 bridgehead atoms. The predicted octanol–water partition coefficient (Wildman–Crippen LogP) is 4.15. The molecule has 0 aliphatic carbocycles. The predicted molar refractivity (Wildman–Crippen MR) is 126 cm³/mol. The van der Waals surface area contributed by atoms with Gasteiger partial charge in [0.15, 0.2) is 0 Å². The highest BCUT2D eigenvalue weighted by Crippen LogP contribution is 2.31. The Bertz CT molecular complexity index is 1070. The van der Waals surface area contributed by atoms with Gasteiger partial charge in [-0.3, -0.25) is 15.0 Å². The van der Waals surface area contributed by atoms with Gasteiger partial charge >= 0.3 is 0 Å². The monoisotopic (exact) mass is 433 g/mol. The van der Waals surface area contributed by atoms with Gasteiger partial charge in [0.2, 0.25) is 5.95 Å². The van der Waals surface area contributed by atoms with Crippen LogP contribution in [0.2, 0.25) is 0 Å². The summed E-state index contributed by atoms with van der Waals surface area (Å²) in [4.78, 5) is 16.3. The highest BCUT2D eigenvalue weighted by molar-refractivity contribution is 5.91. The second-order valence-corrected chi connectivity index (χ2v) is 8.38. The maximum absolute atomic E-state index is 9.08. The molecule has 2 unspecified atom stereocenters. The maximum Gasteiger partial charge on any atom is 0.247 e. The van der Waals surface area contributed by atoms with Crippen LogP contribution < -0.4 is 10.6 Å². The van der Waals surface area contributed by atoms with Crippen molar-refractivity contribution in [1.29, 1.82) is 5.26 Å². The maximum atomic E-state index is 9.08. The number of H-pyrrole nitrogens is 1. The van der Waals surface area contributed by atoms with E-state index in [1.54, 1.807) is 6.20 Å². The van der Waals surface area contributed by atoms with Gasteiger partial charge < -0.3 is 10.6 Å². The van der Waals surface area contributed by atoms with Gasteiger partial charge in [0.05, 0.1) is 11.6 Å². The van der Waals surface area contributed by atoms with Gasteiger partial charge in [0.25, 0.3) is 0 Å². The average Bonchev–Trinajstić information content (AvgIpc) is 3.21. The van der Waals surface area contributed by atoms with Crippen LogP contribution in [0.25, 0.3) is 10.9 Å². The second kappa shape index (κ2) is 9.92. The smallest absolute Gasteiger partial charge is 0.247 e. The summed E-state index contributed by atoms with van der Waals surface area (Å²) >= 11 is 0. The highest BCUT2D eigenvalue weighted by atomic mass is 15.3. The van der Waals surface area contributed by atoms with Gasteiger partial charge in [-0.1, -0.05) is 13.8 Å². The molecule has 3 aromatic rings. The third-order valence-corrected chi connectivity index (χ3v) is 6.25. The molecule has 0 amide bonds. The summed E-state index contributed by atoms with van der Waals surface area (Å²) in [6, 6.07) is 9.44. The molecule has 1 fully saturated rings. The number of hydrogen-bond donors (Lipinski definition) is 3. The van der Waals surface area contributed by atoms with Crippen molar-refractivity contribution in [3.63, 3.8) is 0 Å². The molecule has 1 aliphatic heterocycles. The Morgan fingerprint density at radius 1 is 1.22 bits per heavy atom. The first-order valence-electron chi connectivity index (χ1n) is 11.4. The van der Waals surface area contributed by atoms with E-state index < -0.39 is 0 Å². The highest BCUT2D eigenvalue weighted by Gasteiger charge is 2.33. The molecule has 9 nitrogen and oxygen atoms in total. The second-order valence-electron chi connectivity index (χ2n) is 8.38. The third-order valence-electron chi connectivity index (χ3n) is 6.25. The molecule has 32 heavy (non-hydrogen) atoms. The van der Waals surface area contributed by atoms with Crippen molar-refractivity contribution in [3.8, 4) is 6.07 Å². The van der Waals surface area contributed by atoms with Crippen LogP contribution in [0.3, 0.4) is 0 Å². The van der Waals surface area contributed by atoms with Crippen LogP contribution in [0.15, 0.2) is 24.4 Å². The van der Waals surface area contributed by atoms with E-state index in [2.05, 4.69) is 61.7 Å². The number of pyridine rings is 2. The number of nitrogens with zero attached hydrogens (tertiary/aromatic N) is 6.